The molecule has 0 bridgehead atoms. The minimum absolute atomic E-state index is 0.0333. The van der Waals surface area contributed by atoms with E-state index in [2.05, 4.69) is 15.9 Å². The number of hydrogen-bond acceptors (Lipinski definition) is 5. The highest BCUT2D eigenvalue weighted by atomic mass is 79.9. The number of benzene rings is 1. The summed E-state index contributed by atoms with van der Waals surface area (Å²) in [5, 5.41) is 9.16. The molecule has 0 saturated carbocycles. The number of nitrogens with zero attached hydrogens (tertiary/aromatic N) is 2. The summed E-state index contributed by atoms with van der Waals surface area (Å²) >= 11 is 3.32. The number of amides is 1. The van der Waals surface area contributed by atoms with Gasteiger partial charge in [-0.25, -0.2) is 4.79 Å². The minimum atomic E-state index is -0.491. The fraction of sp³-hybridized carbons (Fsp3) is 0.312. The number of hydrogen-bond donors (Lipinski definition) is 0. The van der Waals surface area contributed by atoms with Crippen LogP contribution in [0.4, 0.5) is 0 Å². The van der Waals surface area contributed by atoms with Crippen LogP contribution in [0.1, 0.15) is 12.5 Å². The molecule has 7 heteroatoms. The molecule has 0 fully saturated rings. The van der Waals surface area contributed by atoms with Gasteiger partial charge in [0.1, 0.15) is 17.4 Å². The van der Waals surface area contributed by atoms with Gasteiger partial charge in [-0.3, -0.25) is 4.79 Å². The third-order valence-corrected chi connectivity index (χ3v) is 3.17. The molecule has 1 aromatic rings. The minimum Gasteiger partial charge on any atom is -0.481 e. The average Bonchev–Trinajstić information content (AvgIpc) is 2.51. The van der Waals surface area contributed by atoms with Crippen LogP contribution in [0.3, 0.4) is 0 Å². The number of likely N-dealkylation sites (N-methyl/N-ethyl adjacent to an activating group) is 1. The van der Waals surface area contributed by atoms with E-state index in [1.807, 2.05) is 6.07 Å². The summed E-state index contributed by atoms with van der Waals surface area (Å²) < 4.78 is 11.0. The van der Waals surface area contributed by atoms with Crippen molar-refractivity contribution in [2.45, 2.75) is 6.92 Å². The van der Waals surface area contributed by atoms with E-state index in [4.69, 9.17) is 14.7 Å². The quantitative estimate of drug-likeness (QED) is 0.430. The van der Waals surface area contributed by atoms with Crippen LogP contribution in [0.15, 0.2) is 28.2 Å². The van der Waals surface area contributed by atoms with Gasteiger partial charge < -0.3 is 14.4 Å². The summed E-state index contributed by atoms with van der Waals surface area (Å²) in [6.07, 6.45) is 1.42. The predicted octanol–water partition coefficient (Wildman–Crippen LogP) is 2.39. The summed E-state index contributed by atoms with van der Waals surface area (Å²) in [7, 11) is 3.12. The smallest absolute Gasteiger partial charge is 0.344 e. The Bertz CT molecular complexity index is 663. The molecule has 0 atom stereocenters. The Morgan fingerprint density at radius 2 is 2.09 bits per heavy atom. The molecule has 1 amide bonds. The van der Waals surface area contributed by atoms with Gasteiger partial charge in [-0.15, -0.1) is 0 Å². The highest BCUT2D eigenvalue weighted by Crippen LogP contribution is 2.26. The Hall–Kier alpha value is -2.33. The molecule has 122 valence electrons. The van der Waals surface area contributed by atoms with Crippen LogP contribution in [-0.2, 0) is 14.3 Å². The van der Waals surface area contributed by atoms with E-state index in [1.165, 1.54) is 11.0 Å². The van der Waals surface area contributed by atoms with Crippen molar-refractivity contribution in [3.05, 3.63) is 33.8 Å². The van der Waals surface area contributed by atoms with E-state index < -0.39 is 11.9 Å². The highest BCUT2D eigenvalue weighted by Gasteiger charge is 2.13. The molecule has 0 aliphatic rings. The van der Waals surface area contributed by atoms with Crippen molar-refractivity contribution in [2.75, 3.05) is 27.3 Å². The molecule has 0 spiro atoms. The van der Waals surface area contributed by atoms with E-state index in [9.17, 15) is 9.59 Å². The second-order valence-corrected chi connectivity index (χ2v) is 5.56. The molecule has 0 saturated heterocycles. The van der Waals surface area contributed by atoms with Crippen LogP contribution < -0.4 is 4.74 Å². The Balaban J connectivity index is 3.10. The molecule has 0 aliphatic carbocycles. The van der Waals surface area contributed by atoms with E-state index in [0.29, 0.717) is 11.3 Å². The SMILES string of the molecule is CCOC(=O)COc1ccc(Br)cc1/C=C(/C#N)C(=O)N(C)C. The van der Waals surface area contributed by atoms with Crippen molar-refractivity contribution in [3.63, 3.8) is 0 Å². The molecule has 1 aromatic carbocycles. The molecular formula is C16H17BrN2O4. The fourth-order valence-electron chi connectivity index (χ4n) is 1.64. The molecule has 23 heavy (non-hydrogen) atoms. The maximum atomic E-state index is 11.9. The molecule has 6 nitrogen and oxygen atoms in total. The maximum absolute atomic E-state index is 11.9. The van der Waals surface area contributed by atoms with Crippen LogP contribution in [0.5, 0.6) is 5.75 Å². The number of rotatable bonds is 6. The number of halogens is 1. The first-order valence-corrected chi connectivity index (χ1v) is 7.59. The lowest BCUT2D eigenvalue weighted by Gasteiger charge is -2.11. The van der Waals surface area contributed by atoms with Crippen LogP contribution in [0.25, 0.3) is 6.08 Å². The lowest BCUT2D eigenvalue weighted by molar-refractivity contribution is -0.145. The highest BCUT2D eigenvalue weighted by molar-refractivity contribution is 9.10. The van der Waals surface area contributed by atoms with Crippen molar-refractivity contribution in [2.24, 2.45) is 0 Å². The molecular weight excluding hydrogens is 364 g/mol. The van der Waals surface area contributed by atoms with Crippen LogP contribution in [-0.4, -0.2) is 44.1 Å². The third kappa shape index (κ3) is 5.75. The van der Waals surface area contributed by atoms with Crippen molar-refractivity contribution in [1.29, 1.82) is 5.26 Å². The Kier molecular flexibility index (Phi) is 7.29. The van der Waals surface area contributed by atoms with Crippen LogP contribution in [0.2, 0.25) is 0 Å². The zero-order valence-electron chi connectivity index (χ0n) is 13.1. The topological polar surface area (TPSA) is 79.6 Å². The van der Waals surface area contributed by atoms with Crippen molar-refractivity contribution in [1.82, 2.24) is 4.90 Å². The Morgan fingerprint density at radius 3 is 2.65 bits per heavy atom. The van der Waals surface area contributed by atoms with Gasteiger partial charge in [-0.05, 0) is 31.2 Å². The summed E-state index contributed by atoms with van der Waals surface area (Å²) in [6.45, 7) is 1.72. The average molecular weight is 381 g/mol. The standard InChI is InChI=1S/C16H17BrN2O4/c1-4-22-15(20)10-23-14-6-5-13(17)8-11(14)7-12(9-18)16(21)19(2)3/h5-8H,4,10H2,1-3H3/b12-7-. The molecule has 0 radical (unpaired) electrons. The van der Waals surface area contributed by atoms with Gasteiger partial charge >= 0.3 is 5.97 Å². The van der Waals surface area contributed by atoms with Gasteiger partial charge in [0.15, 0.2) is 6.61 Å². The molecule has 0 aromatic heterocycles. The number of carbonyl (C=O) groups excluding carboxylic acids is 2. The monoisotopic (exact) mass is 380 g/mol. The fourth-order valence-corrected chi connectivity index (χ4v) is 2.02. The van der Waals surface area contributed by atoms with Gasteiger partial charge in [0.25, 0.3) is 5.91 Å². The van der Waals surface area contributed by atoms with Gasteiger partial charge in [0, 0.05) is 24.1 Å². The van der Waals surface area contributed by atoms with Gasteiger partial charge in [-0.1, -0.05) is 15.9 Å². The number of ether oxygens (including phenoxy) is 2. The molecule has 0 aliphatic heterocycles. The van der Waals surface area contributed by atoms with Gasteiger partial charge in [-0.2, -0.15) is 5.26 Å². The summed E-state index contributed by atoms with van der Waals surface area (Å²) in [5.74, 6) is -0.528. The first-order valence-electron chi connectivity index (χ1n) is 6.80. The van der Waals surface area contributed by atoms with Gasteiger partial charge in [0.05, 0.1) is 6.61 Å². The Labute approximate surface area is 143 Å². The van der Waals surface area contributed by atoms with E-state index in [1.54, 1.807) is 39.2 Å². The van der Waals surface area contributed by atoms with Crippen molar-refractivity contribution >= 4 is 33.9 Å². The maximum Gasteiger partial charge on any atom is 0.344 e. The van der Waals surface area contributed by atoms with Crippen molar-refractivity contribution in [3.8, 4) is 11.8 Å². The lowest BCUT2D eigenvalue weighted by atomic mass is 10.1. The first-order chi connectivity index (χ1) is 10.9. The van der Waals surface area contributed by atoms with E-state index in [0.717, 1.165) is 4.47 Å². The second-order valence-electron chi connectivity index (χ2n) is 4.65. The number of nitriles is 1. The van der Waals surface area contributed by atoms with E-state index >= 15 is 0 Å². The van der Waals surface area contributed by atoms with Crippen molar-refractivity contribution < 1.29 is 19.1 Å². The largest absolute Gasteiger partial charge is 0.481 e. The molecule has 0 heterocycles. The summed E-state index contributed by atoms with van der Waals surface area (Å²) in [6, 6.07) is 6.94. The third-order valence-electron chi connectivity index (χ3n) is 2.68. The van der Waals surface area contributed by atoms with Crippen LogP contribution >= 0.6 is 15.9 Å². The molecule has 0 N–H and O–H groups in total. The number of esters is 1. The normalized spacial score (nSPS) is 10.7. The van der Waals surface area contributed by atoms with Crippen LogP contribution in [0, 0.1) is 11.3 Å². The predicted molar refractivity (Wildman–Crippen MR) is 88.6 cm³/mol. The zero-order chi connectivity index (χ0) is 17.4. The molecule has 1 rings (SSSR count). The number of carbonyl (C=O) groups is 2. The zero-order valence-corrected chi connectivity index (χ0v) is 14.7. The Morgan fingerprint density at radius 1 is 1.39 bits per heavy atom. The second kappa shape index (κ2) is 8.96. The van der Waals surface area contributed by atoms with E-state index in [-0.39, 0.29) is 18.8 Å². The summed E-state index contributed by atoms with van der Waals surface area (Å²) in [5.41, 5.74) is 0.476. The molecule has 0 unspecified atom stereocenters. The first kappa shape index (κ1) is 18.7. The van der Waals surface area contributed by atoms with Gasteiger partial charge in [0.2, 0.25) is 0 Å². The summed E-state index contributed by atoms with van der Waals surface area (Å²) in [4.78, 5) is 24.6. The lowest BCUT2D eigenvalue weighted by Crippen LogP contribution is -2.22.